The lowest BCUT2D eigenvalue weighted by Gasteiger charge is -2.41. The molecule has 39 heavy (non-hydrogen) atoms. The van der Waals surface area contributed by atoms with Crippen LogP contribution in [0.4, 0.5) is 0 Å². The van der Waals surface area contributed by atoms with Crippen LogP contribution in [0.2, 0.25) is 24.2 Å². The number of aromatic amines is 1. The van der Waals surface area contributed by atoms with E-state index in [1.54, 1.807) is 12.4 Å². The Morgan fingerprint density at radius 1 is 0.897 bits per heavy atom. The van der Waals surface area contributed by atoms with Crippen molar-refractivity contribution in [1.29, 1.82) is 0 Å². The zero-order chi connectivity index (χ0) is 28.6. The van der Waals surface area contributed by atoms with Gasteiger partial charge in [-0.25, -0.2) is 4.98 Å². The van der Waals surface area contributed by atoms with Crippen molar-refractivity contribution in [1.82, 2.24) is 9.97 Å². The van der Waals surface area contributed by atoms with E-state index in [0.717, 1.165) is 0 Å². The van der Waals surface area contributed by atoms with Crippen LogP contribution in [0.25, 0.3) is 0 Å². The molecule has 224 valence electrons. The van der Waals surface area contributed by atoms with Crippen molar-refractivity contribution in [3.63, 3.8) is 0 Å². The van der Waals surface area contributed by atoms with E-state index in [-0.39, 0.29) is 24.1 Å². The highest BCUT2D eigenvalue weighted by Gasteiger charge is 2.43. The van der Waals surface area contributed by atoms with Crippen molar-refractivity contribution < 1.29 is 18.4 Å². The fourth-order valence-electron chi connectivity index (χ4n) is 5.83. The minimum atomic E-state index is -1.58. The molecule has 1 aromatic heterocycles. The normalized spacial score (nSPS) is 21.4. The average Bonchev–Trinajstić information content (AvgIpc) is 3.46. The van der Waals surface area contributed by atoms with Gasteiger partial charge in [-0.05, 0) is 36.4 Å². The number of rotatable bonds is 20. The van der Waals surface area contributed by atoms with Crippen molar-refractivity contribution in [3.05, 3.63) is 18.2 Å². The molecule has 0 aliphatic heterocycles. The summed E-state index contributed by atoms with van der Waals surface area (Å²) in [5.41, 5.74) is 1.22. The maximum absolute atomic E-state index is 13.1. The smallest absolute Gasteiger partial charge is 0.228 e. The number of Topliss-reactive ketones (excluding diaryl/α,β-unsaturated/α-hetero) is 1. The molecule has 1 heterocycles. The molecule has 4 atom stereocenters. The minimum Gasteiger partial charge on any atom is -0.472 e. The lowest BCUT2D eigenvalue weighted by Crippen LogP contribution is -2.53. The van der Waals surface area contributed by atoms with Crippen LogP contribution < -0.4 is 0 Å². The summed E-state index contributed by atoms with van der Waals surface area (Å²) < 4.78 is 20.3. The van der Waals surface area contributed by atoms with Crippen LogP contribution in [0.15, 0.2) is 12.4 Å². The van der Waals surface area contributed by atoms with Gasteiger partial charge in [0, 0.05) is 25.2 Å². The van der Waals surface area contributed by atoms with Gasteiger partial charge in [0.25, 0.3) is 0 Å². The predicted molar refractivity (Wildman–Crippen MR) is 171 cm³/mol. The summed E-state index contributed by atoms with van der Waals surface area (Å²) in [4.78, 5) is 20.5. The van der Waals surface area contributed by atoms with Gasteiger partial charge < -0.3 is 18.6 Å². The van der Waals surface area contributed by atoms with E-state index in [0.29, 0.717) is 34.8 Å². The number of carbonyl (C=O) groups excluding carboxylic acids is 1. The number of imidazole rings is 1. The molecule has 1 fully saturated rings. The second-order valence-corrected chi connectivity index (χ2v) is 17.2. The molecule has 1 saturated carbocycles. The summed E-state index contributed by atoms with van der Waals surface area (Å²) in [7, 11) is -3.17. The van der Waals surface area contributed by atoms with Gasteiger partial charge in [-0.1, -0.05) is 105 Å². The molecule has 2 rings (SSSR count). The van der Waals surface area contributed by atoms with Gasteiger partial charge >= 0.3 is 0 Å². The zero-order valence-corrected chi connectivity index (χ0v) is 28.7. The Labute approximate surface area is 247 Å². The molecule has 4 unspecified atom stereocenters. The predicted octanol–water partition coefficient (Wildman–Crippen LogP) is 7.81. The van der Waals surface area contributed by atoms with Crippen LogP contribution >= 0.6 is 12.2 Å². The third-order valence-electron chi connectivity index (χ3n) is 8.35. The van der Waals surface area contributed by atoms with Crippen molar-refractivity contribution in [2.45, 2.75) is 160 Å². The van der Waals surface area contributed by atoms with Crippen LogP contribution in [0, 0.1) is 0 Å². The monoisotopic (exact) mass is 596 g/mol. The van der Waals surface area contributed by atoms with Crippen molar-refractivity contribution in [2.75, 3.05) is 0 Å². The molecule has 0 amide bonds. The molecular weight excluding hydrogens is 541 g/mol. The maximum Gasteiger partial charge on any atom is 0.228 e. The number of hydrogen-bond acceptors (Lipinski definition) is 6. The molecule has 1 N–H and O–H groups in total. The Hall–Kier alpha value is -0.876. The van der Waals surface area contributed by atoms with Gasteiger partial charge in [-0.3, -0.25) is 4.79 Å². The number of carbonyl (C=O) groups is 1. The van der Waals surface area contributed by atoms with Crippen LogP contribution in [0.5, 0.6) is 0 Å². The molecular formula is C30H56N2O4SSi2. The van der Waals surface area contributed by atoms with Gasteiger partial charge in [0.15, 0.2) is 30.0 Å². The Bertz CT molecular complexity index is 757. The molecule has 0 aromatic carbocycles. The van der Waals surface area contributed by atoms with Crippen LogP contribution in [0.1, 0.15) is 123 Å². The first-order valence-electron chi connectivity index (χ1n) is 15.9. The van der Waals surface area contributed by atoms with Crippen molar-refractivity contribution in [2.24, 2.45) is 0 Å². The zero-order valence-electron chi connectivity index (χ0n) is 25.6. The molecule has 1 aliphatic rings. The maximum atomic E-state index is 13.1. The molecule has 1 aromatic rings. The summed E-state index contributed by atoms with van der Waals surface area (Å²) in [6.07, 6.45) is 17.7. The highest BCUT2D eigenvalue weighted by molar-refractivity contribution is 7.80. The third-order valence-corrected chi connectivity index (χ3v) is 14.2. The Morgan fingerprint density at radius 3 is 1.69 bits per heavy atom. The van der Waals surface area contributed by atoms with E-state index < -0.39 is 18.1 Å². The third kappa shape index (κ3) is 11.9. The van der Waals surface area contributed by atoms with Gasteiger partial charge in [-0.2, -0.15) is 0 Å². The summed E-state index contributed by atoms with van der Waals surface area (Å²) >= 11 is 5.66. The van der Waals surface area contributed by atoms with E-state index >= 15 is 0 Å². The average molecular weight is 597 g/mol. The van der Waals surface area contributed by atoms with Crippen LogP contribution in [-0.4, -0.2) is 57.2 Å². The number of nitrogens with one attached hydrogen (secondary N) is 1. The van der Waals surface area contributed by atoms with E-state index in [1.807, 2.05) is 0 Å². The first kappa shape index (κ1) is 34.3. The van der Waals surface area contributed by atoms with Gasteiger partial charge in [0.1, 0.15) is 5.78 Å². The lowest BCUT2D eigenvalue weighted by molar-refractivity contribution is -0.134. The minimum absolute atomic E-state index is 0.216. The first-order chi connectivity index (χ1) is 18.8. The van der Waals surface area contributed by atoms with E-state index in [4.69, 9.17) is 25.8 Å². The number of hydrogen-bond donors (Lipinski definition) is 1. The molecule has 6 nitrogen and oxygen atoms in total. The number of nitrogens with zero attached hydrogens (tertiary/aromatic N) is 1. The van der Waals surface area contributed by atoms with Crippen LogP contribution in [-0.2, 0) is 18.4 Å². The number of ketones is 1. The standard InChI is InChI=1S/C30H56N2O4SSi2/c1-7-11-15-24(16-12-8-2)38(5)35-26-21-23(33)22-27(28(26)34-30(37)29-31-19-20-32-29)36-39(6)25(17-13-9-3)18-14-10-4/h19-20,24-28,38-39H,7-18,21-22H2,1-6H3,(H,31,32). The molecule has 1 aliphatic carbocycles. The number of aromatic nitrogens is 2. The van der Waals surface area contributed by atoms with Crippen LogP contribution in [0.3, 0.4) is 0 Å². The fourth-order valence-corrected chi connectivity index (χ4v) is 10.9. The van der Waals surface area contributed by atoms with Crippen molar-refractivity contribution in [3.8, 4) is 0 Å². The highest BCUT2D eigenvalue weighted by atomic mass is 32.1. The summed E-state index contributed by atoms with van der Waals surface area (Å²) in [5.74, 6) is 0.760. The number of H-pyrrole nitrogens is 1. The van der Waals surface area contributed by atoms with E-state index in [9.17, 15) is 4.79 Å². The lowest BCUT2D eigenvalue weighted by atomic mass is 9.91. The van der Waals surface area contributed by atoms with E-state index in [2.05, 4.69) is 50.8 Å². The van der Waals surface area contributed by atoms with Gasteiger partial charge in [0.05, 0.1) is 12.2 Å². The number of unbranched alkanes of at least 4 members (excludes halogenated alkanes) is 4. The summed E-state index contributed by atoms with van der Waals surface area (Å²) in [6, 6.07) is 0. The second-order valence-electron chi connectivity index (χ2n) is 11.6. The van der Waals surface area contributed by atoms with Gasteiger partial charge in [0.2, 0.25) is 5.05 Å². The number of ether oxygens (including phenoxy) is 1. The molecule has 0 spiro atoms. The number of thiocarbonyl (C=S) groups is 1. The second kappa shape index (κ2) is 19.3. The largest absolute Gasteiger partial charge is 0.472 e. The molecule has 9 heteroatoms. The SMILES string of the molecule is CCCCC(CCCC)[SiH](C)OC1CC(=O)CC(O[SiH](C)C(CCCC)CCCC)C1OC(=S)c1ncc[nH]1. The topological polar surface area (TPSA) is 73.4 Å². The van der Waals surface area contributed by atoms with E-state index in [1.165, 1.54) is 77.0 Å². The quantitative estimate of drug-likeness (QED) is 0.122. The van der Waals surface area contributed by atoms with Crippen molar-refractivity contribution >= 4 is 41.1 Å². The highest BCUT2D eigenvalue weighted by Crippen LogP contribution is 2.34. The fraction of sp³-hybridized carbons (Fsp3) is 0.833. The van der Waals surface area contributed by atoms with Gasteiger partial charge in [-0.15, -0.1) is 0 Å². The molecule has 0 bridgehead atoms. The Balaban J connectivity index is 2.26. The summed E-state index contributed by atoms with van der Waals surface area (Å²) in [5, 5.41) is 0.326. The Morgan fingerprint density at radius 2 is 1.33 bits per heavy atom. The Kier molecular flexibility index (Phi) is 17.0. The molecule has 0 radical (unpaired) electrons. The summed E-state index contributed by atoms with van der Waals surface area (Å²) in [6.45, 7) is 13.6. The molecule has 0 saturated heterocycles. The first-order valence-corrected chi connectivity index (χ1v) is 20.9.